The van der Waals surface area contributed by atoms with Crippen molar-refractivity contribution >= 4 is 5.91 Å². The maximum absolute atomic E-state index is 12.8. The lowest BCUT2D eigenvalue weighted by Gasteiger charge is -2.36. The SMILES string of the molecule is CC(C)c1cc(C(=O)N[C@@H]2CC(C)(C)Cc3nc(-c4ccncc4)ncc32)no1. The molecule has 0 radical (unpaired) electrons. The van der Waals surface area contributed by atoms with Crippen LogP contribution in [0.25, 0.3) is 11.4 Å². The number of rotatable bonds is 4. The zero-order chi connectivity index (χ0) is 20.6. The maximum Gasteiger partial charge on any atom is 0.273 e. The number of hydrogen-bond acceptors (Lipinski definition) is 6. The minimum atomic E-state index is -0.243. The summed E-state index contributed by atoms with van der Waals surface area (Å²) in [7, 11) is 0. The highest BCUT2D eigenvalue weighted by Gasteiger charge is 2.35. The third-order valence-electron chi connectivity index (χ3n) is 5.25. The number of fused-ring (bicyclic) bond motifs is 1. The number of carbonyl (C=O) groups excluding carboxylic acids is 1. The maximum atomic E-state index is 12.8. The zero-order valence-electron chi connectivity index (χ0n) is 17.1. The normalized spacial score (nSPS) is 17.8. The van der Waals surface area contributed by atoms with E-state index in [-0.39, 0.29) is 23.3 Å². The van der Waals surface area contributed by atoms with Crippen LogP contribution in [0.4, 0.5) is 0 Å². The Bertz CT molecular complexity index is 1030. The van der Waals surface area contributed by atoms with Gasteiger partial charge in [0.25, 0.3) is 5.91 Å². The Morgan fingerprint density at radius 3 is 2.72 bits per heavy atom. The lowest BCUT2D eigenvalue weighted by atomic mass is 9.74. The van der Waals surface area contributed by atoms with E-state index >= 15 is 0 Å². The first kappa shape index (κ1) is 19.2. The van der Waals surface area contributed by atoms with Crippen molar-refractivity contribution in [2.45, 2.75) is 52.5 Å². The van der Waals surface area contributed by atoms with Crippen molar-refractivity contribution < 1.29 is 9.32 Å². The monoisotopic (exact) mass is 391 g/mol. The number of pyridine rings is 1. The van der Waals surface area contributed by atoms with Gasteiger partial charge in [-0.3, -0.25) is 9.78 Å². The van der Waals surface area contributed by atoms with E-state index in [9.17, 15) is 4.79 Å². The van der Waals surface area contributed by atoms with Crippen LogP contribution in [0, 0.1) is 5.41 Å². The van der Waals surface area contributed by atoms with E-state index in [0.29, 0.717) is 17.3 Å². The Balaban J connectivity index is 1.62. The van der Waals surface area contributed by atoms with E-state index in [2.05, 4.69) is 34.3 Å². The molecule has 3 aromatic rings. The minimum absolute atomic E-state index is 0.00172. The summed E-state index contributed by atoms with van der Waals surface area (Å²) >= 11 is 0. The topological polar surface area (TPSA) is 93.8 Å². The van der Waals surface area contributed by atoms with Crippen molar-refractivity contribution in [1.82, 2.24) is 25.4 Å². The minimum Gasteiger partial charge on any atom is -0.360 e. The van der Waals surface area contributed by atoms with Crippen molar-refractivity contribution in [2.24, 2.45) is 5.41 Å². The molecule has 0 aromatic carbocycles. The van der Waals surface area contributed by atoms with Crippen LogP contribution < -0.4 is 5.32 Å². The summed E-state index contributed by atoms with van der Waals surface area (Å²) in [5.74, 6) is 1.31. The molecular formula is C22H25N5O2. The summed E-state index contributed by atoms with van der Waals surface area (Å²) in [6, 6.07) is 5.32. The summed E-state index contributed by atoms with van der Waals surface area (Å²) in [6.07, 6.45) is 6.93. The average molecular weight is 391 g/mol. The van der Waals surface area contributed by atoms with Crippen molar-refractivity contribution in [3.05, 3.63) is 59.5 Å². The molecule has 7 heteroatoms. The van der Waals surface area contributed by atoms with E-state index in [0.717, 1.165) is 29.7 Å². The van der Waals surface area contributed by atoms with Gasteiger partial charge in [0.2, 0.25) is 0 Å². The smallest absolute Gasteiger partial charge is 0.273 e. The predicted octanol–water partition coefficient (Wildman–Crippen LogP) is 4.09. The van der Waals surface area contributed by atoms with Crippen LogP contribution in [0.1, 0.15) is 73.6 Å². The summed E-state index contributed by atoms with van der Waals surface area (Å²) in [4.78, 5) is 26.2. The fourth-order valence-electron chi connectivity index (χ4n) is 3.72. The molecule has 1 amide bonds. The van der Waals surface area contributed by atoms with Gasteiger partial charge in [0.15, 0.2) is 11.5 Å². The first-order valence-corrected chi connectivity index (χ1v) is 9.86. The highest BCUT2D eigenvalue weighted by Crippen LogP contribution is 2.40. The van der Waals surface area contributed by atoms with Gasteiger partial charge in [0.05, 0.1) is 11.7 Å². The number of carbonyl (C=O) groups is 1. The Morgan fingerprint density at radius 1 is 1.28 bits per heavy atom. The quantitative estimate of drug-likeness (QED) is 0.720. The Hall–Kier alpha value is -3.09. The number of amides is 1. The standard InChI is InChI=1S/C22H25N5O2/c1-13(2)19-9-16(27-29-19)21(28)26-18-11-22(3,4)10-17-15(18)12-24-20(25-17)14-5-7-23-8-6-14/h5-9,12-13,18H,10-11H2,1-4H3,(H,26,28)/t18-/m1/s1. The Kier molecular flexibility index (Phi) is 4.90. The van der Waals surface area contributed by atoms with Gasteiger partial charge in [0.1, 0.15) is 5.76 Å². The molecule has 1 N–H and O–H groups in total. The predicted molar refractivity (Wildman–Crippen MR) is 108 cm³/mol. The third-order valence-corrected chi connectivity index (χ3v) is 5.25. The van der Waals surface area contributed by atoms with Crippen LogP contribution in [0.15, 0.2) is 41.3 Å². The molecule has 1 atom stereocenters. The lowest BCUT2D eigenvalue weighted by molar-refractivity contribution is 0.0909. The molecule has 0 unspecified atom stereocenters. The molecule has 0 saturated heterocycles. The van der Waals surface area contributed by atoms with Crippen LogP contribution in [-0.4, -0.2) is 26.0 Å². The summed E-state index contributed by atoms with van der Waals surface area (Å²) in [6.45, 7) is 8.38. The first-order valence-electron chi connectivity index (χ1n) is 9.86. The second-order valence-corrected chi connectivity index (χ2v) is 8.67. The third kappa shape index (κ3) is 4.04. The fraction of sp³-hybridized carbons (Fsp3) is 0.409. The van der Waals surface area contributed by atoms with E-state index in [1.54, 1.807) is 18.5 Å². The van der Waals surface area contributed by atoms with Crippen LogP contribution in [0.3, 0.4) is 0 Å². The molecule has 1 aliphatic rings. The van der Waals surface area contributed by atoms with Gasteiger partial charge >= 0.3 is 0 Å². The molecule has 0 spiro atoms. The number of nitrogens with zero attached hydrogens (tertiary/aromatic N) is 4. The van der Waals surface area contributed by atoms with Crippen LogP contribution in [0.2, 0.25) is 0 Å². The molecule has 0 saturated carbocycles. The summed E-state index contributed by atoms with van der Waals surface area (Å²) in [5.41, 5.74) is 3.16. The molecule has 1 aliphatic carbocycles. The first-order chi connectivity index (χ1) is 13.8. The van der Waals surface area contributed by atoms with E-state index in [4.69, 9.17) is 9.51 Å². The van der Waals surface area contributed by atoms with Crippen molar-refractivity contribution in [2.75, 3.05) is 0 Å². The van der Waals surface area contributed by atoms with Gasteiger partial charge in [-0.05, 0) is 30.4 Å². The van der Waals surface area contributed by atoms with Gasteiger partial charge in [-0.25, -0.2) is 9.97 Å². The zero-order valence-corrected chi connectivity index (χ0v) is 17.1. The highest BCUT2D eigenvalue weighted by molar-refractivity contribution is 5.92. The number of aromatic nitrogens is 4. The molecule has 150 valence electrons. The largest absolute Gasteiger partial charge is 0.360 e. The second-order valence-electron chi connectivity index (χ2n) is 8.67. The highest BCUT2D eigenvalue weighted by atomic mass is 16.5. The van der Waals surface area contributed by atoms with Crippen LogP contribution >= 0.6 is 0 Å². The average Bonchev–Trinajstić information content (AvgIpc) is 3.18. The molecule has 3 heterocycles. The second kappa shape index (κ2) is 7.39. The summed E-state index contributed by atoms with van der Waals surface area (Å²) in [5, 5.41) is 7.03. The Labute approximate surface area is 170 Å². The molecule has 4 rings (SSSR count). The summed E-state index contributed by atoms with van der Waals surface area (Å²) < 4.78 is 5.27. The van der Waals surface area contributed by atoms with E-state index < -0.39 is 0 Å². The van der Waals surface area contributed by atoms with Gasteiger partial charge in [-0.1, -0.05) is 32.9 Å². The number of hydrogen-bond donors (Lipinski definition) is 1. The number of nitrogens with one attached hydrogen (secondary N) is 1. The van der Waals surface area contributed by atoms with E-state index in [1.807, 2.05) is 32.2 Å². The molecule has 29 heavy (non-hydrogen) atoms. The molecule has 0 aliphatic heterocycles. The van der Waals surface area contributed by atoms with Crippen molar-refractivity contribution in [3.63, 3.8) is 0 Å². The van der Waals surface area contributed by atoms with Gasteiger partial charge < -0.3 is 9.84 Å². The Morgan fingerprint density at radius 2 is 2.03 bits per heavy atom. The van der Waals surface area contributed by atoms with Crippen molar-refractivity contribution in [1.29, 1.82) is 0 Å². The molecule has 3 aromatic heterocycles. The molecule has 7 nitrogen and oxygen atoms in total. The fourth-order valence-corrected chi connectivity index (χ4v) is 3.72. The molecule has 0 bridgehead atoms. The van der Waals surface area contributed by atoms with E-state index in [1.165, 1.54) is 0 Å². The van der Waals surface area contributed by atoms with Gasteiger partial charge in [0, 0.05) is 41.7 Å². The lowest BCUT2D eigenvalue weighted by Crippen LogP contribution is -2.37. The van der Waals surface area contributed by atoms with Crippen LogP contribution in [0.5, 0.6) is 0 Å². The molecule has 0 fully saturated rings. The van der Waals surface area contributed by atoms with Gasteiger partial charge in [-0.2, -0.15) is 0 Å². The van der Waals surface area contributed by atoms with Crippen LogP contribution in [-0.2, 0) is 6.42 Å². The molecular weight excluding hydrogens is 366 g/mol. The van der Waals surface area contributed by atoms with Crippen molar-refractivity contribution in [3.8, 4) is 11.4 Å². The van der Waals surface area contributed by atoms with Gasteiger partial charge in [-0.15, -0.1) is 0 Å².